The van der Waals surface area contributed by atoms with Gasteiger partial charge in [-0.05, 0) is 52.7 Å². The first-order chi connectivity index (χ1) is 17.5. The molecule has 0 aromatic carbocycles. The van der Waals surface area contributed by atoms with E-state index >= 15 is 0 Å². The van der Waals surface area contributed by atoms with Crippen molar-refractivity contribution >= 4 is 24.2 Å². The molecule has 1 amide bonds. The molecule has 2 heterocycles. The molecular formula is C25H38N6O7. The van der Waals surface area contributed by atoms with Crippen molar-refractivity contribution in [3.05, 3.63) is 23.5 Å². The second kappa shape index (κ2) is 11.9. The molecule has 0 unspecified atom stereocenters. The quantitative estimate of drug-likeness (QED) is 0.129. The molecule has 6 N–H and O–H groups in total. The van der Waals surface area contributed by atoms with Crippen molar-refractivity contribution in [2.45, 2.75) is 90.1 Å². The van der Waals surface area contributed by atoms with Gasteiger partial charge >= 0.3 is 12.1 Å². The maximum absolute atomic E-state index is 12.9. The van der Waals surface area contributed by atoms with Crippen molar-refractivity contribution < 1.29 is 33.6 Å². The Morgan fingerprint density at radius 2 is 2.05 bits per heavy atom. The number of ether oxygens (including phenoxy) is 4. The fourth-order valence-electron chi connectivity index (χ4n) is 3.87. The molecule has 0 radical (unpaired) electrons. The van der Waals surface area contributed by atoms with Gasteiger partial charge < -0.3 is 40.1 Å². The molecule has 1 aliphatic heterocycles. The predicted molar refractivity (Wildman–Crippen MR) is 137 cm³/mol. The number of nitrogens with zero attached hydrogens (tertiary/aromatic N) is 2. The number of aliphatic imine (C=N–C) groups is 1. The van der Waals surface area contributed by atoms with Crippen LogP contribution in [0, 0.1) is 22.7 Å². The van der Waals surface area contributed by atoms with Crippen molar-refractivity contribution in [1.29, 1.82) is 10.7 Å². The summed E-state index contributed by atoms with van der Waals surface area (Å²) >= 11 is 0. The molecule has 0 saturated carbocycles. The highest BCUT2D eigenvalue weighted by Crippen LogP contribution is 2.42. The molecule has 1 aliphatic rings. The predicted octanol–water partition coefficient (Wildman–Crippen LogP) is 2.04. The zero-order chi connectivity index (χ0) is 28.9. The van der Waals surface area contributed by atoms with Gasteiger partial charge in [-0.1, -0.05) is 13.8 Å². The highest BCUT2D eigenvalue weighted by molar-refractivity contribution is 5.99. The van der Waals surface area contributed by atoms with Crippen LogP contribution >= 0.6 is 0 Å². The molecule has 4 atom stereocenters. The summed E-state index contributed by atoms with van der Waals surface area (Å²) < 4.78 is 22.6. The normalized spacial score (nSPS) is 23.0. The summed E-state index contributed by atoms with van der Waals surface area (Å²) in [6.45, 7) is 11.2. The van der Waals surface area contributed by atoms with Gasteiger partial charge in [-0.3, -0.25) is 5.41 Å². The molecule has 1 aromatic heterocycles. The molecule has 1 aromatic rings. The number of nitrogens with one attached hydrogen (secondary N) is 3. The third-order valence-electron chi connectivity index (χ3n) is 5.45. The molecule has 1 fully saturated rings. The Morgan fingerprint density at radius 1 is 1.39 bits per heavy atom. The van der Waals surface area contributed by atoms with Crippen LogP contribution in [-0.2, 0) is 29.3 Å². The number of amides is 1. The van der Waals surface area contributed by atoms with Crippen LogP contribution in [0.25, 0.3) is 0 Å². The van der Waals surface area contributed by atoms with Crippen molar-refractivity contribution in [2.75, 3.05) is 6.61 Å². The van der Waals surface area contributed by atoms with Crippen LogP contribution in [0.2, 0.25) is 0 Å². The smallest absolute Gasteiger partial charge is 0.408 e. The van der Waals surface area contributed by atoms with Gasteiger partial charge in [-0.2, -0.15) is 5.26 Å². The zero-order valence-corrected chi connectivity index (χ0v) is 22.8. The van der Waals surface area contributed by atoms with Crippen LogP contribution in [0.5, 0.6) is 0 Å². The molecule has 13 nitrogen and oxygen atoms in total. The van der Waals surface area contributed by atoms with Crippen molar-refractivity contribution in [3.63, 3.8) is 0 Å². The Bertz CT molecular complexity index is 1080. The molecule has 210 valence electrons. The van der Waals surface area contributed by atoms with E-state index in [1.807, 2.05) is 0 Å². The molecular weight excluding hydrogens is 496 g/mol. The summed E-state index contributed by atoms with van der Waals surface area (Å²) in [6.07, 6.45) is -1.59. The molecule has 38 heavy (non-hydrogen) atoms. The third kappa shape index (κ3) is 8.01. The molecule has 13 heteroatoms. The summed E-state index contributed by atoms with van der Waals surface area (Å²) in [4.78, 5) is 31.7. The number of aromatic nitrogens is 1. The number of rotatable bonds is 10. The Balaban J connectivity index is 2.23. The van der Waals surface area contributed by atoms with E-state index in [2.05, 4.69) is 21.4 Å². The lowest BCUT2D eigenvalue weighted by atomic mass is 9.93. The Hall–Kier alpha value is -3.47. The van der Waals surface area contributed by atoms with Gasteiger partial charge in [0, 0.05) is 6.42 Å². The number of nitrogens with two attached hydrogens (primary N) is 1. The largest absolute Gasteiger partial charge is 0.461 e. The van der Waals surface area contributed by atoms with Crippen molar-refractivity contribution in [3.8, 4) is 6.07 Å². The number of carbonyl (C=O) groups excluding carboxylic acids is 2. The number of carbonyl (C=O) groups is 2. The van der Waals surface area contributed by atoms with Gasteiger partial charge in [-0.15, -0.1) is 0 Å². The molecule has 2 rings (SSSR count). The average molecular weight is 535 g/mol. The summed E-state index contributed by atoms with van der Waals surface area (Å²) in [5.41, 5.74) is 4.04. The van der Waals surface area contributed by atoms with Gasteiger partial charge in [0.25, 0.3) is 0 Å². The summed E-state index contributed by atoms with van der Waals surface area (Å²) in [7, 11) is 0. The van der Waals surface area contributed by atoms with E-state index in [0.717, 1.165) is 6.34 Å². The fourth-order valence-corrected chi connectivity index (χ4v) is 3.87. The van der Waals surface area contributed by atoms with Crippen LogP contribution < -0.4 is 11.1 Å². The Labute approximate surface area is 222 Å². The maximum atomic E-state index is 12.9. The molecule has 0 spiro atoms. The van der Waals surface area contributed by atoms with Gasteiger partial charge in [-0.25, -0.2) is 14.6 Å². The van der Waals surface area contributed by atoms with Crippen LogP contribution in [0.3, 0.4) is 0 Å². The standard InChI is InChI=1S/C25H38N6O7/c1-14(2)19(31-22(33)38-23(3,4)5)21(32)35-11-15-10-18(37-24(6,7)34)25(12-26,36-15)17-9-8-16(30-17)20(28)29-13-27/h8-9,13-15,18-19,30,34H,10-11H2,1-7H3,(H,31,33)(H3,27,28,29)/t15-,18+,19-,25-/m0/s1. The van der Waals surface area contributed by atoms with E-state index in [1.54, 1.807) is 46.8 Å². The number of H-pyrrole nitrogens is 1. The van der Waals surface area contributed by atoms with Gasteiger partial charge in [0.15, 0.2) is 5.79 Å². The van der Waals surface area contributed by atoms with Gasteiger partial charge in [0.05, 0.1) is 17.5 Å². The van der Waals surface area contributed by atoms with E-state index in [1.165, 1.54) is 13.8 Å². The average Bonchev–Trinajstić information content (AvgIpc) is 3.39. The zero-order valence-electron chi connectivity index (χ0n) is 22.8. The second-order valence-electron chi connectivity index (χ2n) is 10.8. The number of nitriles is 1. The monoisotopic (exact) mass is 534 g/mol. The minimum absolute atomic E-state index is 0.0278. The van der Waals surface area contributed by atoms with Crippen LogP contribution in [-0.4, -0.2) is 70.6 Å². The van der Waals surface area contributed by atoms with Gasteiger partial charge in [0.2, 0.25) is 5.60 Å². The molecule has 0 bridgehead atoms. The van der Waals surface area contributed by atoms with Crippen LogP contribution in [0.4, 0.5) is 4.79 Å². The molecule has 1 saturated heterocycles. The lowest BCUT2D eigenvalue weighted by molar-refractivity contribution is -0.226. The first kappa shape index (κ1) is 30.8. The number of amidine groups is 1. The minimum atomic E-state index is -1.70. The lowest BCUT2D eigenvalue weighted by Gasteiger charge is -2.31. The topological polar surface area (TPSA) is 205 Å². The Morgan fingerprint density at radius 3 is 2.58 bits per heavy atom. The maximum Gasteiger partial charge on any atom is 0.408 e. The number of hydrogen-bond acceptors (Lipinski definition) is 9. The van der Waals surface area contributed by atoms with Crippen molar-refractivity contribution in [1.82, 2.24) is 10.3 Å². The fraction of sp³-hybridized carbons (Fsp3) is 0.640. The van der Waals surface area contributed by atoms with E-state index < -0.39 is 47.3 Å². The summed E-state index contributed by atoms with van der Waals surface area (Å²) in [5, 5.41) is 30.2. The van der Waals surface area contributed by atoms with E-state index in [4.69, 9.17) is 30.1 Å². The SMILES string of the molecule is CC(C)[C@H](NC(=O)OC(C)(C)C)C(=O)OC[C@@H]1C[C@@H](OC(C)(C)O)[C@](C#N)(c2ccc(C(N)=NC=N)[nH]2)O1. The second-order valence-corrected chi connectivity index (χ2v) is 10.8. The third-order valence-corrected chi connectivity index (χ3v) is 5.45. The van der Waals surface area contributed by atoms with E-state index in [-0.39, 0.29) is 30.5 Å². The minimum Gasteiger partial charge on any atom is -0.461 e. The number of aliphatic hydroxyl groups is 1. The number of aromatic amines is 1. The highest BCUT2D eigenvalue weighted by Gasteiger charge is 2.54. The summed E-state index contributed by atoms with van der Waals surface area (Å²) in [6, 6.07) is 4.30. The lowest BCUT2D eigenvalue weighted by Crippen LogP contribution is -2.47. The van der Waals surface area contributed by atoms with E-state index in [9.17, 15) is 20.0 Å². The first-order valence-corrected chi connectivity index (χ1v) is 12.2. The number of alkyl carbamates (subject to hydrolysis) is 1. The van der Waals surface area contributed by atoms with Crippen LogP contribution in [0.15, 0.2) is 17.1 Å². The Kier molecular flexibility index (Phi) is 9.66. The van der Waals surface area contributed by atoms with E-state index in [0.29, 0.717) is 5.69 Å². The number of esters is 1. The van der Waals surface area contributed by atoms with Crippen LogP contribution in [0.1, 0.15) is 66.3 Å². The van der Waals surface area contributed by atoms with Crippen molar-refractivity contribution in [2.24, 2.45) is 16.6 Å². The summed E-state index contributed by atoms with van der Waals surface area (Å²) in [5.74, 6) is -2.56. The van der Waals surface area contributed by atoms with Gasteiger partial charge in [0.1, 0.15) is 42.6 Å². The highest BCUT2D eigenvalue weighted by atomic mass is 16.7. The molecule has 0 aliphatic carbocycles. The first-order valence-electron chi connectivity index (χ1n) is 12.2. The number of hydrogen-bond donors (Lipinski definition) is 5.